The molecule has 0 spiro atoms. The highest BCUT2D eigenvalue weighted by Gasteiger charge is 2.29. The van der Waals surface area contributed by atoms with E-state index >= 15 is 0 Å². The highest BCUT2D eigenvalue weighted by Crippen LogP contribution is 2.30. The molecular weight excluding hydrogens is 390 g/mol. The van der Waals surface area contributed by atoms with Crippen molar-refractivity contribution in [2.45, 2.75) is 17.7 Å². The van der Waals surface area contributed by atoms with Crippen molar-refractivity contribution >= 4 is 44.8 Å². The number of rotatable bonds is 6. The first-order chi connectivity index (χ1) is 12.8. The normalized spacial score (nSPS) is 13.9. The van der Waals surface area contributed by atoms with Crippen LogP contribution in [0.4, 0.5) is 11.4 Å². The van der Waals surface area contributed by atoms with Crippen LogP contribution in [0.2, 0.25) is 5.02 Å². The van der Waals surface area contributed by atoms with Crippen LogP contribution in [0, 0.1) is 5.92 Å². The second-order valence-electron chi connectivity index (χ2n) is 6.15. The monoisotopic (exact) mass is 407 g/mol. The first-order valence-corrected chi connectivity index (χ1v) is 10.1. The first-order valence-electron chi connectivity index (χ1n) is 8.25. The summed E-state index contributed by atoms with van der Waals surface area (Å²) in [5.74, 6) is -0.524. The minimum Gasteiger partial charge on any atom is -0.326 e. The van der Waals surface area contributed by atoms with Crippen molar-refractivity contribution < 1.29 is 18.0 Å². The molecule has 3 N–H and O–H groups in total. The SMILES string of the molecule is CNS(=O)(=O)c1ccc(Cl)c(C(=O)Nc2cccc(NC(=O)C3CC3)c2)c1. The maximum atomic E-state index is 12.6. The maximum absolute atomic E-state index is 12.6. The van der Waals surface area contributed by atoms with Crippen LogP contribution in [-0.4, -0.2) is 27.3 Å². The topological polar surface area (TPSA) is 104 Å². The summed E-state index contributed by atoms with van der Waals surface area (Å²) < 4.78 is 26.0. The smallest absolute Gasteiger partial charge is 0.257 e. The Labute approximate surface area is 162 Å². The highest BCUT2D eigenvalue weighted by molar-refractivity contribution is 7.89. The molecule has 1 aliphatic carbocycles. The third-order valence-corrected chi connectivity index (χ3v) is 5.84. The van der Waals surface area contributed by atoms with E-state index in [0.717, 1.165) is 12.8 Å². The molecule has 0 bridgehead atoms. The molecule has 142 valence electrons. The Morgan fingerprint density at radius 1 is 1.04 bits per heavy atom. The van der Waals surface area contributed by atoms with Gasteiger partial charge in [0, 0.05) is 17.3 Å². The number of amides is 2. The first kappa shape index (κ1) is 19.3. The van der Waals surface area contributed by atoms with Crippen molar-refractivity contribution in [1.82, 2.24) is 4.72 Å². The molecule has 0 atom stereocenters. The minimum atomic E-state index is -3.70. The molecule has 2 amide bonds. The zero-order chi connectivity index (χ0) is 19.6. The molecule has 0 aromatic heterocycles. The van der Waals surface area contributed by atoms with Crippen LogP contribution in [0.15, 0.2) is 47.4 Å². The number of sulfonamides is 1. The molecule has 0 heterocycles. The van der Waals surface area contributed by atoms with Crippen LogP contribution in [0.5, 0.6) is 0 Å². The van der Waals surface area contributed by atoms with Gasteiger partial charge in [-0.05, 0) is 56.3 Å². The summed E-state index contributed by atoms with van der Waals surface area (Å²) in [6.45, 7) is 0. The molecule has 2 aromatic carbocycles. The van der Waals surface area contributed by atoms with Gasteiger partial charge in [-0.3, -0.25) is 9.59 Å². The summed E-state index contributed by atoms with van der Waals surface area (Å²) >= 11 is 6.06. The average Bonchev–Trinajstić information content (AvgIpc) is 3.47. The quantitative estimate of drug-likeness (QED) is 0.684. The van der Waals surface area contributed by atoms with E-state index in [-0.39, 0.29) is 27.3 Å². The molecule has 1 fully saturated rings. The molecular formula is C18H18ClN3O4S. The van der Waals surface area contributed by atoms with Gasteiger partial charge in [0.05, 0.1) is 15.5 Å². The van der Waals surface area contributed by atoms with Gasteiger partial charge in [0.2, 0.25) is 15.9 Å². The van der Waals surface area contributed by atoms with E-state index in [1.165, 1.54) is 25.2 Å². The van der Waals surface area contributed by atoms with E-state index in [2.05, 4.69) is 15.4 Å². The highest BCUT2D eigenvalue weighted by atomic mass is 35.5. The van der Waals surface area contributed by atoms with E-state index in [1.54, 1.807) is 24.3 Å². The zero-order valence-electron chi connectivity index (χ0n) is 14.5. The van der Waals surface area contributed by atoms with Gasteiger partial charge in [0.1, 0.15) is 0 Å². The molecule has 0 unspecified atom stereocenters. The van der Waals surface area contributed by atoms with Gasteiger partial charge in [0.15, 0.2) is 0 Å². The predicted molar refractivity (Wildman–Crippen MR) is 103 cm³/mol. The van der Waals surface area contributed by atoms with E-state index < -0.39 is 15.9 Å². The Balaban J connectivity index is 1.79. The third kappa shape index (κ3) is 4.65. The summed E-state index contributed by atoms with van der Waals surface area (Å²) in [6, 6.07) is 10.6. The number of benzene rings is 2. The van der Waals surface area contributed by atoms with Crippen LogP contribution >= 0.6 is 11.6 Å². The molecule has 7 nitrogen and oxygen atoms in total. The van der Waals surface area contributed by atoms with Crippen LogP contribution in [0.3, 0.4) is 0 Å². The second-order valence-corrected chi connectivity index (χ2v) is 8.44. The van der Waals surface area contributed by atoms with Gasteiger partial charge in [-0.25, -0.2) is 13.1 Å². The van der Waals surface area contributed by atoms with E-state index in [0.29, 0.717) is 11.4 Å². The van der Waals surface area contributed by atoms with Crippen LogP contribution in [-0.2, 0) is 14.8 Å². The van der Waals surface area contributed by atoms with Crippen molar-refractivity contribution in [1.29, 1.82) is 0 Å². The van der Waals surface area contributed by atoms with Gasteiger partial charge in [-0.15, -0.1) is 0 Å². The molecule has 1 saturated carbocycles. The number of halogens is 1. The Hall–Kier alpha value is -2.42. The van der Waals surface area contributed by atoms with Crippen LogP contribution < -0.4 is 15.4 Å². The summed E-state index contributed by atoms with van der Waals surface area (Å²) in [5, 5.41) is 5.59. The maximum Gasteiger partial charge on any atom is 0.257 e. The predicted octanol–water partition coefficient (Wildman–Crippen LogP) is 2.85. The lowest BCUT2D eigenvalue weighted by Crippen LogP contribution is -2.20. The fourth-order valence-corrected chi connectivity index (χ4v) is 3.39. The Bertz CT molecular complexity index is 1000. The summed E-state index contributed by atoms with van der Waals surface area (Å²) in [5.41, 5.74) is 1.05. The number of anilines is 2. The van der Waals surface area contributed by atoms with E-state index in [4.69, 9.17) is 11.6 Å². The minimum absolute atomic E-state index is 0.0282. The molecule has 1 aliphatic rings. The Morgan fingerprint density at radius 3 is 2.33 bits per heavy atom. The van der Waals surface area contributed by atoms with Crippen LogP contribution in [0.1, 0.15) is 23.2 Å². The molecule has 3 rings (SSSR count). The Morgan fingerprint density at radius 2 is 1.70 bits per heavy atom. The summed E-state index contributed by atoms with van der Waals surface area (Å²) in [7, 11) is -2.42. The number of hydrogen-bond acceptors (Lipinski definition) is 4. The number of carbonyl (C=O) groups excluding carboxylic acids is 2. The van der Waals surface area contributed by atoms with Gasteiger partial charge in [-0.2, -0.15) is 0 Å². The summed E-state index contributed by atoms with van der Waals surface area (Å²) in [4.78, 5) is 24.3. The molecule has 0 radical (unpaired) electrons. The van der Waals surface area contributed by atoms with Crippen molar-refractivity contribution in [3.63, 3.8) is 0 Å². The zero-order valence-corrected chi connectivity index (χ0v) is 16.0. The lowest BCUT2D eigenvalue weighted by Gasteiger charge is -2.11. The fourth-order valence-electron chi connectivity index (χ4n) is 2.43. The van der Waals surface area contributed by atoms with Gasteiger partial charge < -0.3 is 10.6 Å². The van der Waals surface area contributed by atoms with Crippen molar-refractivity contribution in [2.24, 2.45) is 5.92 Å². The number of hydrogen-bond donors (Lipinski definition) is 3. The second kappa shape index (κ2) is 7.67. The lowest BCUT2D eigenvalue weighted by molar-refractivity contribution is -0.117. The van der Waals surface area contributed by atoms with Gasteiger partial charge in [0.25, 0.3) is 5.91 Å². The van der Waals surface area contributed by atoms with Crippen molar-refractivity contribution in [3.8, 4) is 0 Å². The van der Waals surface area contributed by atoms with Gasteiger partial charge >= 0.3 is 0 Å². The number of carbonyl (C=O) groups is 2. The standard InChI is InChI=1S/C18H18ClN3O4S/c1-20-27(25,26)14-7-8-16(19)15(10-14)18(24)22-13-4-2-3-12(9-13)21-17(23)11-5-6-11/h2-4,7-11,20H,5-6H2,1H3,(H,21,23)(H,22,24). The Kier molecular flexibility index (Phi) is 5.50. The van der Waals surface area contributed by atoms with Gasteiger partial charge in [-0.1, -0.05) is 17.7 Å². The largest absolute Gasteiger partial charge is 0.326 e. The molecule has 0 aliphatic heterocycles. The number of nitrogens with one attached hydrogen (secondary N) is 3. The lowest BCUT2D eigenvalue weighted by atomic mass is 10.2. The van der Waals surface area contributed by atoms with Crippen molar-refractivity contribution in [2.75, 3.05) is 17.7 Å². The molecule has 27 heavy (non-hydrogen) atoms. The van der Waals surface area contributed by atoms with Crippen LogP contribution in [0.25, 0.3) is 0 Å². The average molecular weight is 408 g/mol. The van der Waals surface area contributed by atoms with Crippen molar-refractivity contribution in [3.05, 3.63) is 53.1 Å². The fraction of sp³-hybridized carbons (Fsp3) is 0.222. The summed E-state index contributed by atoms with van der Waals surface area (Å²) in [6.07, 6.45) is 1.79. The molecule has 9 heteroatoms. The molecule has 0 saturated heterocycles. The van der Waals surface area contributed by atoms with E-state index in [9.17, 15) is 18.0 Å². The third-order valence-electron chi connectivity index (χ3n) is 4.10. The van der Waals surface area contributed by atoms with E-state index in [1.807, 2.05) is 0 Å². The molecule has 2 aromatic rings.